The van der Waals surface area contributed by atoms with Crippen LogP contribution in [0.2, 0.25) is 19.6 Å². The van der Waals surface area contributed by atoms with E-state index in [0.29, 0.717) is 0 Å². The summed E-state index contributed by atoms with van der Waals surface area (Å²) >= 11 is 4.72. The van der Waals surface area contributed by atoms with Gasteiger partial charge in [-0.2, -0.15) is 3.74 Å². The SMILES string of the molecule is C[Si](C)(C)S(=O)(=O)OCl. The summed E-state index contributed by atoms with van der Waals surface area (Å²) in [5.41, 5.74) is 0. The van der Waals surface area contributed by atoms with Crippen molar-refractivity contribution in [2.24, 2.45) is 0 Å². The Kier molecular flexibility index (Phi) is 2.69. The molecule has 0 rings (SSSR count). The molecule has 3 nitrogen and oxygen atoms in total. The average Bonchev–Trinajstić information content (AvgIpc) is 1.64. The summed E-state index contributed by atoms with van der Waals surface area (Å²) in [6.07, 6.45) is 0. The van der Waals surface area contributed by atoms with E-state index < -0.39 is 16.8 Å². The summed E-state index contributed by atoms with van der Waals surface area (Å²) in [6, 6.07) is 0. The number of halogens is 1. The second-order valence-corrected chi connectivity index (χ2v) is 13.4. The highest BCUT2D eigenvalue weighted by Gasteiger charge is 2.33. The second-order valence-electron chi connectivity index (χ2n) is 2.63. The summed E-state index contributed by atoms with van der Waals surface area (Å²) in [6.45, 7) is 4.93. The number of rotatable bonds is 2. The smallest absolute Gasteiger partial charge is 0.207 e. The van der Waals surface area contributed by atoms with Gasteiger partial charge in [0.05, 0.1) is 11.9 Å². The summed E-state index contributed by atoms with van der Waals surface area (Å²) in [5, 5.41) is 0. The molecule has 0 aromatic rings. The summed E-state index contributed by atoms with van der Waals surface area (Å²) in [5.74, 6) is 0. The van der Waals surface area contributed by atoms with E-state index in [0.717, 1.165) is 0 Å². The fraction of sp³-hybridized carbons (Fsp3) is 1.00. The van der Waals surface area contributed by atoms with E-state index >= 15 is 0 Å². The zero-order valence-electron chi connectivity index (χ0n) is 5.51. The molecule has 0 atom stereocenters. The first-order valence-electron chi connectivity index (χ1n) is 2.36. The highest BCUT2D eigenvalue weighted by Crippen LogP contribution is 2.13. The first-order valence-corrected chi connectivity index (χ1v) is 8.30. The van der Waals surface area contributed by atoms with Crippen LogP contribution in [0.5, 0.6) is 0 Å². The van der Waals surface area contributed by atoms with Crippen LogP contribution in [0.3, 0.4) is 0 Å². The van der Waals surface area contributed by atoms with Gasteiger partial charge in [-0.1, -0.05) is 19.6 Å². The molecule has 0 saturated heterocycles. The molecule has 0 aliphatic rings. The molecule has 0 unspecified atom stereocenters. The predicted octanol–water partition coefficient (Wildman–Crippen LogP) is 1.32. The molecule has 0 spiro atoms. The first kappa shape index (κ1) is 9.42. The third kappa shape index (κ3) is 2.25. The zero-order valence-corrected chi connectivity index (χ0v) is 8.08. The molecule has 0 N–H and O–H groups in total. The summed E-state index contributed by atoms with van der Waals surface area (Å²) < 4.78 is 25.3. The van der Waals surface area contributed by atoms with E-state index in [-0.39, 0.29) is 0 Å². The van der Waals surface area contributed by atoms with Crippen molar-refractivity contribution in [3.05, 3.63) is 0 Å². The van der Waals surface area contributed by atoms with Crippen LogP contribution in [0, 0.1) is 0 Å². The molecule has 6 heteroatoms. The fourth-order valence-corrected chi connectivity index (χ4v) is 2.55. The predicted molar refractivity (Wildman–Crippen MR) is 39.2 cm³/mol. The second kappa shape index (κ2) is 2.57. The van der Waals surface area contributed by atoms with Crippen molar-refractivity contribution in [1.29, 1.82) is 0 Å². The van der Waals surface area contributed by atoms with E-state index in [1.807, 2.05) is 0 Å². The first-order chi connectivity index (χ1) is 3.81. The van der Waals surface area contributed by atoms with Gasteiger partial charge in [-0.25, -0.2) is 8.42 Å². The van der Waals surface area contributed by atoms with Crippen LogP contribution < -0.4 is 0 Å². The normalized spacial score (nSPS) is 13.8. The van der Waals surface area contributed by atoms with Crippen LogP contribution in [0.25, 0.3) is 0 Å². The zero-order chi connectivity index (χ0) is 7.71. The van der Waals surface area contributed by atoms with Gasteiger partial charge in [0, 0.05) is 0 Å². The van der Waals surface area contributed by atoms with Crippen LogP contribution in [0.1, 0.15) is 0 Å². The third-order valence-electron chi connectivity index (χ3n) is 0.833. The maximum absolute atomic E-state index is 10.7. The van der Waals surface area contributed by atoms with Crippen molar-refractivity contribution < 1.29 is 12.2 Å². The quantitative estimate of drug-likeness (QED) is 0.614. The standard InChI is InChI=1S/C3H9ClO3SSi/c1-9(2,3)8(5,6)7-4/h1-3H3. The number of hydrogen-bond acceptors (Lipinski definition) is 3. The lowest BCUT2D eigenvalue weighted by Gasteiger charge is -2.11. The van der Waals surface area contributed by atoms with Crippen molar-refractivity contribution in [2.75, 3.05) is 0 Å². The van der Waals surface area contributed by atoms with Crippen molar-refractivity contribution >= 4 is 28.7 Å². The Morgan fingerprint density at radius 2 is 1.67 bits per heavy atom. The Labute approximate surface area is 60.9 Å². The molecule has 0 saturated carbocycles. The third-order valence-corrected chi connectivity index (χ3v) is 8.06. The van der Waals surface area contributed by atoms with E-state index in [4.69, 9.17) is 11.9 Å². The molecule has 0 heterocycles. The van der Waals surface area contributed by atoms with Gasteiger partial charge in [-0.05, 0) is 0 Å². The minimum absolute atomic E-state index is 1.64. The van der Waals surface area contributed by atoms with Crippen molar-refractivity contribution in [3.63, 3.8) is 0 Å². The highest BCUT2D eigenvalue weighted by atomic mass is 35.5. The Hall–Kier alpha value is 0.417. The molecule has 9 heavy (non-hydrogen) atoms. The van der Waals surface area contributed by atoms with Gasteiger partial charge in [-0.15, -0.1) is 0 Å². The van der Waals surface area contributed by atoms with Gasteiger partial charge < -0.3 is 0 Å². The molecule has 0 fully saturated rings. The molecule has 0 aliphatic heterocycles. The van der Waals surface area contributed by atoms with Gasteiger partial charge in [-0.3, -0.25) is 0 Å². The minimum atomic E-state index is -3.43. The highest BCUT2D eigenvalue weighted by molar-refractivity contribution is 8.18. The molecule has 0 aromatic heterocycles. The van der Waals surface area contributed by atoms with Crippen LogP contribution >= 0.6 is 11.9 Å². The largest absolute Gasteiger partial charge is 0.245 e. The fourth-order valence-electron chi connectivity index (χ4n) is 0.0945. The van der Waals surface area contributed by atoms with Crippen molar-refractivity contribution in [3.8, 4) is 0 Å². The Morgan fingerprint density at radius 1 is 1.33 bits per heavy atom. The van der Waals surface area contributed by atoms with E-state index in [1.54, 1.807) is 19.6 Å². The molecule has 0 bridgehead atoms. The summed E-state index contributed by atoms with van der Waals surface area (Å²) in [4.78, 5) is 0. The maximum atomic E-state index is 10.7. The molecule has 56 valence electrons. The molecule has 0 radical (unpaired) electrons. The van der Waals surface area contributed by atoms with Gasteiger partial charge >= 0.3 is 0 Å². The van der Waals surface area contributed by atoms with Gasteiger partial charge in [0.25, 0.3) is 0 Å². The molecular weight excluding hydrogens is 180 g/mol. The van der Waals surface area contributed by atoms with Crippen LogP contribution in [0.15, 0.2) is 0 Å². The monoisotopic (exact) mass is 188 g/mol. The van der Waals surface area contributed by atoms with Gasteiger partial charge in [0.1, 0.15) is 0 Å². The topological polar surface area (TPSA) is 43.4 Å². The Morgan fingerprint density at radius 3 is 1.67 bits per heavy atom. The van der Waals surface area contributed by atoms with E-state index in [9.17, 15) is 8.42 Å². The molecule has 0 amide bonds. The lowest BCUT2D eigenvalue weighted by molar-refractivity contribution is 0.524. The van der Waals surface area contributed by atoms with Crippen LogP contribution in [0.4, 0.5) is 0 Å². The summed E-state index contributed by atoms with van der Waals surface area (Å²) in [7, 11) is -5.70. The van der Waals surface area contributed by atoms with E-state index in [2.05, 4.69) is 3.74 Å². The Bertz CT molecular complexity index is 180. The Balaban J connectivity index is 4.57. The van der Waals surface area contributed by atoms with Gasteiger partial charge in [0.2, 0.25) is 16.8 Å². The van der Waals surface area contributed by atoms with Crippen LogP contribution in [-0.2, 0) is 13.3 Å². The van der Waals surface area contributed by atoms with Crippen molar-refractivity contribution in [2.45, 2.75) is 19.6 Å². The van der Waals surface area contributed by atoms with Gasteiger partial charge in [0.15, 0.2) is 0 Å². The lowest BCUT2D eigenvalue weighted by Crippen LogP contribution is -2.33. The van der Waals surface area contributed by atoms with Crippen LogP contribution in [-0.4, -0.2) is 15.6 Å². The molecular formula is C3H9ClO3SSi. The lowest BCUT2D eigenvalue weighted by atomic mass is 11.8. The number of hydrogen-bond donors (Lipinski definition) is 0. The van der Waals surface area contributed by atoms with Crippen molar-refractivity contribution in [1.82, 2.24) is 0 Å². The maximum Gasteiger partial charge on any atom is 0.245 e. The molecule has 0 aromatic carbocycles. The average molecular weight is 189 g/mol. The van der Waals surface area contributed by atoms with E-state index in [1.165, 1.54) is 0 Å². The minimum Gasteiger partial charge on any atom is -0.207 e. The molecule has 0 aliphatic carbocycles.